The summed E-state index contributed by atoms with van der Waals surface area (Å²) in [5.41, 5.74) is 2.10. The van der Waals surface area contributed by atoms with Crippen LogP contribution in [0.1, 0.15) is 24.1 Å². The Kier molecular flexibility index (Phi) is 4.61. The molecule has 2 aromatic heterocycles. The number of carbonyl (C=O) groups excluding carboxylic acids is 1. The monoisotopic (exact) mass is 370 g/mol. The number of amides is 1. The average Bonchev–Trinajstić information content (AvgIpc) is 3.04. The summed E-state index contributed by atoms with van der Waals surface area (Å²) in [5.74, 6) is -1.18. The molecule has 2 aromatic rings. The number of pyridine rings is 1. The maximum absolute atomic E-state index is 12.6. The number of carbonyl (C=O) groups is 1. The average molecular weight is 370 g/mol. The molecule has 0 spiro atoms. The Morgan fingerprint density at radius 3 is 2.69 bits per heavy atom. The molecule has 1 aliphatic heterocycles. The van der Waals surface area contributed by atoms with Crippen molar-refractivity contribution in [2.75, 3.05) is 13.7 Å². The van der Waals surface area contributed by atoms with Gasteiger partial charge in [0.1, 0.15) is 0 Å². The molecule has 2 atom stereocenters. The first-order valence-corrected chi connectivity index (χ1v) is 7.83. The molecule has 140 valence electrons. The minimum Gasteiger partial charge on any atom is -0.481 e. The molecule has 0 radical (unpaired) electrons. The van der Waals surface area contributed by atoms with Crippen LogP contribution in [0, 0.1) is 0 Å². The molecule has 10 heteroatoms. The van der Waals surface area contributed by atoms with Crippen LogP contribution in [0.2, 0.25) is 0 Å². The summed E-state index contributed by atoms with van der Waals surface area (Å²) in [4.78, 5) is 17.1. The molecule has 1 amide bonds. The fourth-order valence-electron chi connectivity index (χ4n) is 3.03. The number of aliphatic hydroxyl groups excluding tert-OH is 1. The van der Waals surface area contributed by atoms with Crippen LogP contribution >= 0.6 is 0 Å². The summed E-state index contributed by atoms with van der Waals surface area (Å²) in [6.45, 7) is 1.79. The van der Waals surface area contributed by atoms with Gasteiger partial charge in [-0.2, -0.15) is 18.3 Å². The second-order valence-electron chi connectivity index (χ2n) is 6.09. The lowest BCUT2D eigenvalue weighted by atomic mass is 9.97. The van der Waals surface area contributed by atoms with E-state index in [4.69, 9.17) is 4.74 Å². The molecular weight excluding hydrogens is 353 g/mol. The smallest absolute Gasteiger partial charge is 0.423 e. The maximum atomic E-state index is 12.6. The van der Waals surface area contributed by atoms with Crippen LogP contribution in [0.4, 0.5) is 13.2 Å². The number of halogens is 3. The highest BCUT2D eigenvalue weighted by Gasteiger charge is 2.46. The third kappa shape index (κ3) is 3.24. The van der Waals surface area contributed by atoms with Crippen LogP contribution in [0.25, 0.3) is 5.69 Å². The topological polar surface area (TPSA) is 80.5 Å². The molecule has 1 N–H and O–H groups in total. The van der Waals surface area contributed by atoms with Gasteiger partial charge in [0.05, 0.1) is 30.9 Å². The Bertz CT molecular complexity index is 804. The second-order valence-corrected chi connectivity index (χ2v) is 6.09. The van der Waals surface area contributed by atoms with Crippen molar-refractivity contribution in [1.29, 1.82) is 0 Å². The van der Waals surface area contributed by atoms with E-state index in [2.05, 4.69) is 10.1 Å². The molecule has 7 nitrogen and oxygen atoms in total. The normalized spacial score (nSPS) is 18.4. The summed E-state index contributed by atoms with van der Waals surface area (Å²) < 4.78 is 44.5. The van der Waals surface area contributed by atoms with Crippen molar-refractivity contribution in [3.05, 3.63) is 35.8 Å². The Morgan fingerprint density at radius 1 is 1.38 bits per heavy atom. The zero-order chi connectivity index (χ0) is 19.1. The number of alkyl halides is 3. The van der Waals surface area contributed by atoms with E-state index in [0.717, 1.165) is 10.6 Å². The van der Waals surface area contributed by atoms with E-state index in [1.54, 1.807) is 29.9 Å². The van der Waals surface area contributed by atoms with Crippen LogP contribution in [-0.2, 0) is 11.3 Å². The molecule has 0 bridgehead atoms. The lowest BCUT2D eigenvalue weighted by Gasteiger charge is -2.33. The molecule has 0 saturated heterocycles. The van der Waals surface area contributed by atoms with Gasteiger partial charge in [-0.1, -0.05) is 6.92 Å². The number of fused-ring (bicyclic) bond motifs is 1. The van der Waals surface area contributed by atoms with Crippen molar-refractivity contribution < 1.29 is 27.8 Å². The number of ether oxygens (including phenoxy) is 1. The third-order valence-electron chi connectivity index (χ3n) is 4.24. The van der Waals surface area contributed by atoms with E-state index in [1.807, 2.05) is 0 Å². The number of aliphatic hydroxyl groups is 1. The lowest BCUT2D eigenvalue weighted by Crippen LogP contribution is -2.48. The van der Waals surface area contributed by atoms with Gasteiger partial charge in [-0.3, -0.25) is 4.79 Å². The van der Waals surface area contributed by atoms with Gasteiger partial charge in [0.2, 0.25) is 12.0 Å². The van der Waals surface area contributed by atoms with Gasteiger partial charge in [0.25, 0.3) is 5.91 Å². The van der Waals surface area contributed by atoms with Gasteiger partial charge in [0.15, 0.2) is 0 Å². The van der Waals surface area contributed by atoms with Crippen molar-refractivity contribution in [3.63, 3.8) is 0 Å². The van der Waals surface area contributed by atoms with Gasteiger partial charge >= 0.3 is 6.18 Å². The molecule has 0 saturated carbocycles. The van der Waals surface area contributed by atoms with Crippen LogP contribution in [0.5, 0.6) is 5.88 Å². The van der Waals surface area contributed by atoms with Crippen molar-refractivity contribution in [2.45, 2.75) is 31.7 Å². The quantitative estimate of drug-likeness (QED) is 0.889. The Labute approximate surface area is 147 Å². The Morgan fingerprint density at radius 2 is 2.12 bits per heavy atom. The minimum absolute atomic E-state index is 0.0464. The first-order chi connectivity index (χ1) is 12.2. The molecule has 1 aliphatic rings. The summed E-state index contributed by atoms with van der Waals surface area (Å²) in [6.07, 6.45) is -4.92. The summed E-state index contributed by atoms with van der Waals surface area (Å²) in [7, 11) is 1.50. The van der Waals surface area contributed by atoms with Crippen LogP contribution in [0.3, 0.4) is 0 Å². The van der Waals surface area contributed by atoms with Gasteiger partial charge in [0, 0.05) is 30.6 Å². The van der Waals surface area contributed by atoms with E-state index in [1.165, 1.54) is 13.3 Å². The van der Waals surface area contributed by atoms with Crippen molar-refractivity contribution in [1.82, 2.24) is 19.7 Å². The number of rotatable bonds is 3. The number of nitrogens with zero attached hydrogens (tertiary/aromatic N) is 4. The molecule has 0 aliphatic carbocycles. The second kappa shape index (κ2) is 6.60. The molecular formula is C16H17F3N4O3. The molecule has 3 rings (SSSR count). The fourth-order valence-corrected chi connectivity index (χ4v) is 3.03. The van der Waals surface area contributed by atoms with Crippen LogP contribution in [-0.4, -0.2) is 56.6 Å². The highest BCUT2D eigenvalue weighted by molar-refractivity contribution is 5.81. The van der Waals surface area contributed by atoms with E-state index in [0.29, 0.717) is 17.1 Å². The summed E-state index contributed by atoms with van der Waals surface area (Å²) in [5, 5.41) is 13.5. The predicted octanol–water partition coefficient (Wildman–Crippen LogP) is 1.64. The summed E-state index contributed by atoms with van der Waals surface area (Å²) >= 11 is 0. The first-order valence-electron chi connectivity index (χ1n) is 7.83. The molecule has 0 aromatic carbocycles. The van der Waals surface area contributed by atoms with Crippen LogP contribution < -0.4 is 4.74 Å². The van der Waals surface area contributed by atoms with Gasteiger partial charge in [-0.15, -0.1) is 0 Å². The highest BCUT2D eigenvalue weighted by Crippen LogP contribution is 2.31. The number of hydrogen-bond donors (Lipinski definition) is 1. The van der Waals surface area contributed by atoms with Crippen molar-refractivity contribution >= 4 is 5.91 Å². The maximum Gasteiger partial charge on any atom is 0.423 e. The van der Waals surface area contributed by atoms with Crippen molar-refractivity contribution in [3.8, 4) is 11.6 Å². The number of methoxy groups -OCH3 is 1. The highest BCUT2D eigenvalue weighted by atomic mass is 19.4. The fraction of sp³-hybridized carbons (Fsp3) is 0.438. The van der Waals surface area contributed by atoms with Gasteiger partial charge < -0.3 is 14.7 Å². The van der Waals surface area contributed by atoms with E-state index in [-0.39, 0.29) is 19.0 Å². The summed E-state index contributed by atoms with van der Waals surface area (Å²) in [6, 6.07) is 3.43. The number of aromatic nitrogens is 3. The first kappa shape index (κ1) is 18.2. The Balaban J connectivity index is 1.87. The zero-order valence-electron chi connectivity index (χ0n) is 14.1. The predicted molar refractivity (Wildman–Crippen MR) is 83.8 cm³/mol. The third-order valence-corrected chi connectivity index (χ3v) is 4.24. The van der Waals surface area contributed by atoms with E-state index >= 15 is 0 Å². The largest absolute Gasteiger partial charge is 0.481 e. The SMILES string of the molecule is COc1ccc(-n2ncc3c2[C@H](C)CN(C(=O)C(O)C(F)(F)F)C3)cn1. The molecule has 0 fully saturated rings. The lowest BCUT2D eigenvalue weighted by molar-refractivity contribution is -0.211. The van der Waals surface area contributed by atoms with E-state index < -0.39 is 18.2 Å². The van der Waals surface area contributed by atoms with Crippen molar-refractivity contribution in [2.24, 2.45) is 0 Å². The van der Waals surface area contributed by atoms with Crippen LogP contribution in [0.15, 0.2) is 24.5 Å². The molecule has 26 heavy (non-hydrogen) atoms. The molecule has 3 heterocycles. The van der Waals surface area contributed by atoms with Gasteiger partial charge in [-0.25, -0.2) is 9.67 Å². The molecule has 1 unspecified atom stereocenters. The number of hydrogen-bond acceptors (Lipinski definition) is 5. The standard InChI is InChI=1S/C16H17F3N4O3/c1-9-7-22(15(25)14(24)16(17,18)19)8-10-5-21-23(13(9)10)11-3-4-12(26-2)20-6-11/h3-6,9,14,24H,7-8H2,1-2H3/t9-,14?/m1/s1. The van der Waals surface area contributed by atoms with Gasteiger partial charge in [-0.05, 0) is 6.07 Å². The minimum atomic E-state index is -4.99. The van der Waals surface area contributed by atoms with E-state index in [9.17, 15) is 23.1 Å². The Hall–Kier alpha value is -2.62. The zero-order valence-corrected chi connectivity index (χ0v) is 14.1.